The first-order valence-corrected chi connectivity index (χ1v) is 15.7. The lowest BCUT2D eigenvalue weighted by molar-refractivity contribution is 1.19. The van der Waals surface area contributed by atoms with Gasteiger partial charge in [-0.25, -0.2) is 4.98 Å². The van der Waals surface area contributed by atoms with Crippen molar-refractivity contribution in [1.82, 2.24) is 9.55 Å². The summed E-state index contributed by atoms with van der Waals surface area (Å²) < 4.78 is 5.10. The van der Waals surface area contributed by atoms with E-state index in [1.807, 2.05) is 23.5 Å². The highest BCUT2D eigenvalue weighted by molar-refractivity contribution is 7.26. The van der Waals surface area contributed by atoms with E-state index in [2.05, 4.69) is 150 Å². The van der Waals surface area contributed by atoms with E-state index in [0.29, 0.717) is 0 Å². The molecular weight excluding hydrogens is 553 g/mol. The molecule has 44 heavy (non-hydrogen) atoms. The Morgan fingerprint density at radius 1 is 0.432 bits per heavy atom. The quantitative estimate of drug-likeness (QED) is 0.203. The monoisotopic (exact) mass is 578 g/mol. The molecule has 0 bridgehead atoms. The van der Waals surface area contributed by atoms with Gasteiger partial charge in [-0.05, 0) is 47.5 Å². The maximum Gasteiger partial charge on any atom is 0.0719 e. The fourth-order valence-electron chi connectivity index (χ4n) is 6.51. The molecule has 0 saturated heterocycles. The molecule has 0 fully saturated rings. The molecule has 0 unspecified atom stereocenters. The van der Waals surface area contributed by atoms with Gasteiger partial charge in [0, 0.05) is 43.1 Å². The van der Waals surface area contributed by atoms with Crippen molar-refractivity contribution in [1.29, 1.82) is 0 Å². The first-order chi connectivity index (χ1) is 21.8. The second kappa shape index (κ2) is 10.0. The van der Waals surface area contributed by atoms with Gasteiger partial charge in [-0.1, -0.05) is 121 Å². The number of aromatic nitrogens is 2. The molecule has 0 amide bonds. The molecule has 3 heterocycles. The van der Waals surface area contributed by atoms with Crippen LogP contribution in [0.4, 0.5) is 0 Å². The number of benzene rings is 6. The standard InChI is InChI=1S/C41H26N2S/c1-3-11-28(12-4-1)36-25-30(26-37(42-36)29-13-5-2-6-14-29)27-19-21-31(22-20-27)43-38-17-9-7-15-32(38)34-23-24-35-33-16-8-10-18-39(33)44-41(35)40(34)43/h1-26H. The van der Waals surface area contributed by atoms with E-state index in [1.54, 1.807) is 0 Å². The van der Waals surface area contributed by atoms with Crippen LogP contribution in [0.15, 0.2) is 158 Å². The van der Waals surface area contributed by atoms with E-state index in [1.165, 1.54) is 47.5 Å². The average molecular weight is 579 g/mol. The van der Waals surface area contributed by atoms with Crippen LogP contribution in [0.25, 0.3) is 81.3 Å². The van der Waals surface area contributed by atoms with E-state index in [4.69, 9.17) is 4.98 Å². The highest BCUT2D eigenvalue weighted by Crippen LogP contribution is 2.43. The van der Waals surface area contributed by atoms with E-state index < -0.39 is 0 Å². The maximum absolute atomic E-state index is 5.07. The third-order valence-corrected chi connectivity index (χ3v) is 9.80. The van der Waals surface area contributed by atoms with Gasteiger partial charge in [0.2, 0.25) is 0 Å². The summed E-state index contributed by atoms with van der Waals surface area (Å²) in [6.45, 7) is 0. The lowest BCUT2D eigenvalue weighted by Crippen LogP contribution is -1.94. The summed E-state index contributed by atoms with van der Waals surface area (Å²) in [7, 11) is 0. The van der Waals surface area contributed by atoms with Gasteiger partial charge in [0.05, 0.1) is 27.1 Å². The Hall–Kier alpha value is -5.51. The van der Waals surface area contributed by atoms with Crippen LogP contribution in [0, 0.1) is 0 Å². The van der Waals surface area contributed by atoms with Gasteiger partial charge in [-0.3, -0.25) is 0 Å². The molecule has 206 valence electrons. The zero-order valence-electron chi connectivity index (χ0n) is 23.8. The number of fused-ring (bicyclic) bond motifs is 7. The van der Waals surface area contributed by atoms with Gasteiger partial charge in [0.25, 0.3) is 0 Å². The summed E-state index contributed by atoms with van der Waals surface area (Å²) in [6.07, 6.45) is 0. The lowest BCUT2D eigenvalue weighted by atomic mass is 10.00. The first-order valence-electron chi connectivity index (χ1n) is 14.9. The van der Waals surface area contributed by atoms with E-state index in [9.17, 15) is 0 Å². The molecule has 0 aliphatic rings. The molecule has 9 rings (SSSR count). The van der Waals surface area contributed by atoms with Crippen LogP contribution in [0.2, 0.25) is 0 Å². The molecule has 6 aromatic carbocycles. The third-order valence-electron chi connectivity index (χ3n) is 8.60. The Morgan fingerprint density at radius 2 is 1.02 bits per heavy atom. The predicted molar refractivity (Wildman–Crippen MR) is 188 cm³/mol. The number of para-hydroxylation sites is 1. The van der Waals surface area contributed by atoms with Crippen molar-refractivity contribution < 1.29 is 0 Å². The summed E-state index contributed by atoms with van der Waals surface area (Å²) in [4.78, 5) is 5.07. The molecule has 0 saturated carbocycles. The second-order valence-corrected chi connectivity index (χ2v) is 12.2. The van der Waals surface area contributed by atoms with Gasteiger partial charge >= 0.3 is 0 Å². The van der Waals surface area contributed by atoms with Crippen molar-refractivity contribution in [2.24, 2.45) is 0 Å². The van der Waals surface area contributed by atoms with Crippen LogP contribution in [0.5, 0.6) is 0 Å². The highest BCUT2D eigenvalue weighted by atomic mass is 32.1. The molecule has 0 atom stereocenters. The minimum Gasteiger partial charge on any atom is -0.308 e. The van der Waals surface area contributed by atoms with Gasteiger partial charge < -0.3 is 4.57 Å². The van der Waals surface area contributed by atoms with E-state index in [0.717, 1.165) is 33.8 Å². The maximum atomic E-state index is 5.07. The van der Waals surface area contributed by atoms with Crippen molar-refractivity contribution in [3.8, 4) is 39.3 Å². The van der Waals surface area contributed by atoms with Crippen LogP contribution in [0.3, 0.4) is 0 Å². The molecular formula is C41H26N2S. The minimum absolute atomic E-state index is 0.973. The number of hydrogen-bond acceptors (Lipinski definition) is 2. The summed E-state index contributed by atoms with van der Waals surface area (Å²) in [5.74, 6) is 0. The summed E-state index contributed by atoms with van der Waals surface area (Å²) in [5.41, 5.74) is 10.1. The average Bonchev–Trinajstić information content (AvgIpc) is 3.65. The molecule has 0 spiro atoms. The minimum atomic E-state index is 0.973. The van der Waals surface area contributed by atoms with Crippen molar-refractivity contribution >= 4 is 53.3 Å². The van der Waals surface area contributed by atoms with Crippen molar-refractivity contribution in [3.63, 3.8) is 0 Å². The van der Waals surface area contributed by atoms with Crippen LogP contribution in [-0.4, -0.2) is 9.55 Å². The Balaban J connectivity index is 1.24. The van der Waals surface area contributed by atoms with Crippen LogP contribution in [-0.2, 0) is 0 Å². The number of thiophene rings is 1. The van der Waals surface area contributed by atoms with Crippen molar-refractivity contribution in [3.05, 3.63) is 158 Å². The Bertz CT molecular complexity index is 2410. The van der Waals surface area contributed by atoms with Gasteiger partial charge in [-0.15, -0.1) is 11.3 Å². The second-order valence-electron chi connectivity index (χ2n) is 11.2. The van der Waals surface area contributed by atoms with Crippen LogP contribution >= 0.6 is 11.3 Å². The number of rotatable bonds is 4. The smallest absolute Gasteiger partial charge is 0.0719 e. The molecule has 3 heteroatoms. The van der Waals surface area contributed by atoms with Crippen molar-refractivity contribution in [2.75, 3.05) is 0 Å². The summed E-state index contributed by atoms with van der Waals surface area (Å²) in [5, 5.41) is 5.21. The Kier molecular flexibility index (Phi) is 5.71. The van der Waals surface area contributed by atoms with Gasteiger partial charge in [-0.2, -0.15) is 0 Å². The molecule has 2 nitrogen and oxygen atoms in total. The van der Waals surface area contributed by atoms with Gasteiger partial charge in [0.15, 0.2) is 0 Å². The lowest BCUT2D eigenvalue weighted by Gasteiger charge is -2.12. The Labute approximate surface area is 259 Å². The third kappa shape index (κ3) is 3.98. The Morgan fingerprint density at radius 3 is 1.73 bits per heavy atom. The summed E-state index contributed by atoms with van der Waals surface area (Å²) in [6, 6.07) is 56.4. The zero-order chi connectivity index (χ0) is 29.0. The van der Waals surface area contributed by atoms with Crippen LogP contribution in [0.1, 0.15) is 0 Å². The largest absolute Gasteiger partial charge is 0.308 e. The normalized spacial score (nSPS) is 11.6. The summed E-state index contributed by atoms with van der Waals surface area (Å²) >= 11 is 1.89. The fraction of sp³-hybridized carbons (Fsp3) is 0. The molecule has 0 aliphatic heterocycles. The molecule has 3 aromatic heterocycles. The molecule has 0 aliphatic carbocycles. The first kappa shape index (κ1) is 25.0. The predicted octanol–water partition coefficient (Wildman–Crippen LogP) is 11.5. The molecule has 9 aromatic rings. The van der Waals surface area contributed by atoms with Crippen LogP contribution < -0.4 is 0 Å². The van der Waals surface area contributed by atoms with Gasteiger partial charge in [0.1, 0.15) is 0 Å². The number of pyridine rings is 1. The van der Waals surface area contributed by atoms with E-state index in [-0.39, 0.29) is 0 Å². The topological polar surface area (TPSA) is 17.8 Å². The fourth-order valence-corrected chi connectivity index (χ4v) is 7.75. The highest BCUT2D eigenvalue weighted by Gasteiger charge is 2.18. The zero-order valence-corrected chi connectivity index (χ0v) is 24.6. The van der Waals surface area contributed by atoms with E-state index >= 15 is 0 Å². The number of hydrogen-bond donors (Lipinski definition) is 0. The molecule has 0 N–H and O–H groups in total. The SMILES string of the molecule is c1ccc(-c2cc(-c3ccc(-n4c5ccccc5c5ccc6c7ccccc7sc6c54)cc3)cc(-c3ccccc3)n2)cc1. The number of nitrogens with zero attached hydrogens (tertiary/aromatic N) is 2. The van der Waals surface area contributed by atoms with Crippen molar-refractivity contribution in [2.45, 2.75) is 0 Å². The molecule has 0 radical (unpaired) electrons.